The summed E-state index contributed by atoms with van der Waals surface area (Å²) in [7, 11) is 1.67. The summed E-state index contributed by atoms with van der Waals surface area (Å²) >= 11 is 0. The van der Waals surface area contributed by atoms with Crippen molar-refractivity contribution in [2.24, 2.45) is 5.92 Å². The van der Waals surface area contributed by atoms with Crippen LogP contribution in [0.3, 0.4) is 0 Å². The normalized spacial score (nSPS) is 15.7. The van der Waals surface area contributed by atoms with Crippen LogP contribution in [0.5, 0.6) is 5.75 Å². The molecule has 1 fully saturated rings. The molecule has 2 aromatic carbocycles. The molecule has 0 spiro atoms. The number of methoxy groups -OCH3 is 1. The number of hydrogen-bond acceptors (Lipinski definition) is 4. The molecule has 2 amide bonds. The number of ether oxygens (including phenoxy) is 1. The zero-order valence-corrected chi connectivity index (χ0v) is 21.4. The molecule has 3 rings (SSSR count). The van der Waals surface area contributed by atoms with Crippen molar-refractivity contribution >= 4 is 17.5 Å². The number of rotatable bonds is 7. The van der Waals surface area contributed by atoms with E-state index in [0.29, 0.717) is 5.56 Å². The van der Waals surface area contributed by atoms with E-state index in [0.717, 1.165) is 37.4 Å². The first-order valence-corrected chi connectivity index (χ1v) is 12.2. The van der Waals surface area contributed by atoms with Crippen LogP contribution in [-0.2, 0) is 10.2 Å². The highest BCUT2D eigenvalue weighted by molar-refractivity contribution is 5.97. The van der Waals surface area contributed by atoms with Crippen LogP contribution in [0.1, 0.15) is 63.4 Å². The number of nitrogens with one attached hydrogen (secondary N) is 2. The van der Waals surface area contributed by atoms with Gasteiger partial charge in [-0.25, -0.2) is 0 Å². The number of hydrogen-bond donors (Lipinski definition) is 2. The van der Waals surface area contributed by atoms with Gasteiger partial charge in [-0.1, -0.05) is 46.8 Å². The number of nitrogens with zero attached hydrogens (tertiary/aromatic N) is 1. The standard InChI is InChI=1S/C28H39N3O3/c1-19(2)25(30-26(32)20-7-9-21(10-8-20)28(3,4)5)27(33)29-22-15-17-31(18-16-22)23-11-13-24(34-6)14-12-23/h7-14,19,22,25H,15-18H2,1-6H3,(H,29,33)(H,30,32). The van der Waals surface area contributed by atoms with E-state index < -0.39 is 6.04 Å². The van der Waals surface area contributed by atoms with Gasteiger partial charge in [0.1, 0.15) is 11.8 Å². The molecule has 6 nitrogen and oxygen atoms in total. The summed E-state index contributed by atoms with van der Waals surface area (Å²) in [4.78, 5) is 28.3. The quantitative estimate of drug-likeness (QED) is 0.630. The lowest BCUT2D eigenvalue weighted by atomic mass is 9.86. The molecule has 6 heteroatoms. The molecular formula is C28H39N3O3. The molecule has 1 unspecified atom stereocenters. The Hall–Kier alpha value is -3.02. The molecule has 0 aromatic heterocycles. The number of carbonyl (C=O) groups is 2. The number of amides is 2. The van der Waals surface area contributed by atoms with Crippen molar-refractivity contribution in [3.05, 3.63) is 59.7 Å². The van der Waals surface area contributed by atoms with E-state index >= 15 is 0 Å². The number of carbonyl (C=O) groups excluding carboxylic acids is 2. The van der Waals surface area contributed by atoms with Crippen molar-refractivity contribution in [1.82, 2.24) is 10.6 Å². The molecule has 34 heavy (non-hydrogen) atoms. The van der Waals surface area contributed by atoms with Crippen LogP contribution in [0.2, 0.25) is 0 Å². The van der Waals surface area contributed by atoms with Crippen molar-refractivity contribution in [3.8, 4) is 5.75 Å². The summed E-state index contributed by atoms with van der Waals surface area (Å²) in [6, 6.07) is 15.2. The highest BCUT2D eigenvalue weighted by Gasteiger charge is 2.28. The van der Waals surface area contributed by atoms with E-state index in [1.54, 1.807) is 7.11 Å². The summed E-state index contributed by atoms with van der Waals surface area (Å²) < 4.78 is 5.24. The molecule has 0 saturated carbocycles. The van der Waals surface area contributed by atoms with E-state index in [9.17, 15) is 9.59 Å². The Morgan fingerprint density at radius 3 is 2.06 bits per heavy atom. The maximum absolute atomic E-state index is 13.1. The summed E-state index contributed by atoms with van der Waals surface area (Å²) in [5.41, 5.74) is 2.93. The topological polar surface area (TPSA) is 70.7 Å². The predicted molar refractivity (Wildman–Crippen MR) is 138 cm³/mol. The van der Waals surface area contributed by atoms with Crippen LogP contribution < -0.4 is 20.3 Å². The van der Waals surface area contributed by atoms with Gasteiger partial charge in [0.25, 0.3) is 5.91 Å². The van der Waals surface area contributed by atoms with Crippen LogP contribution in [0.15, 0.2) is 48.5 Å². The molecule has 2 aromatic rings. The van der Waals surface area contributed by atoms with E-state index in [4.69, 9.17) is 4.74 Å². The highest BCUT2D eigenvalue weighted by Crippen LogP contribution is 2.24. The molecule has 184 valence electrons. The van der Waals surface area contributed by atoms with Crippen LogP contribution in [0.25, 0.3) is 0 Å². The second-order valence-electron chi connectivity index (χ2n) is 10.5. The third kappa shape index (κ3) is 6.52. The molecular weight excluding hydrogens is 426 g/mol. The van der Waals surface area contributed by atoms with Gasteiger partial charge < -0.3 is 20.3 Å². The predicted octanol–water partition coefficient (Wildman–Crippen LogP) is 4.53. The van der Waals surface area contributed by atoms with Gasteiger partial charge in [-0.2, -0.15) is 0 Å². The first kappa shape index (κ1) is 25.6. The van der Waals surface area contributed by atoms with Gasteiger partial charge in [-0.15, -0.1) is 0 Å². The van der Waals surface area contributed by atoms with Crippen molar-refractivity contribution in [2.75, 3.05) is 25.1 Å². The molecule has 0 aliphatic carbocycles. The lowest BCUT2D eigenvalue weighted by molar-refractivity contribution is -0.124. The lowest BCUT2D eigenvalue weighted by Crippen LogP contribution is -2.54. The molecule has 0 bridgehead atoms. The largest absolute Gasteiger partial charge is 0.497 e. The Kier molecular flexibility index (Phi) is 8.24. The van der Waals surface area contributed by atoms with Gasteiger partial charge in [-0.05, 0) is 66.1 Å². The SMILES string of the molecule is COc1ccc(N2CCC(NC(=O)C(NC(=O)c3ccc(C(C)(C)C)cc3)C(C)C)CC2)cc1. The van der Waals surface area contributed by atoms with E-state index in [1.807, 2.05) is 50.2 Å². The molecule has 2 N–H and O–H groups in total. The van der Waals surface area contributed by atoms with Crippen LogP contribution in [-0.4, -0.2) is 44.1 Å². The van der Waals surface area contributed by atoms with Crippen molar-refractivity contribution in [2.45, 2.75) is 65.0 Å². The summed E-state index contributed by atoms with van der Waals surface area (Å²) in [5.74, 6) is 0.496. The van der Waals surface area contributed by atoms with Gasteiger partial charge in [0.15, 0.2) is 0 Å². The molecule has 1 atom stereocenters. The lowest BCUT2D eigenvalue weighted by Gasteiger charge is -2.35. The van der Waals surface area contributed by atoms with E-state index in [-0.39, 0.29) is 29.2 Å². The summed E-state index contributed by atoms with van der Waals surface area (Å²) in [6.07, 6.45) is 1.73. The smallest absolute Gasteiger partial charge is 0.251 e. The zero-order valence-electron chi connectivity index (χ0n) is 21.4. The first-order chi connectivity index (χ1) is 16.1. The Morgan fingerprint density at radius 2 is 1.56 bits per heavy atom. The fraction of sp³-hybridized carbons (Fsp3) is 0.500. The van der Waals surface area contributed by atoms with Crippen LogP contribution in [0.4, 0.5) is 5.69 Å². The number of anilines is 1. The van der Waals surface area contributed by atoms with Crippen LogP contribution >= 0.6 is 0 Å². The monoisotopic (exact) mass is 465 g/mol. The second-order valence-corrected chi connectivity index (χ2v) is 10.5. The van der Waals surface area contributed by atoms with Gasteiger partial charge in [-0.3, -0.25) is 9.59 Å². The van der Waals surface area contributed by atoms with Crippen molar-refractivity contribution in [1.29, 1.82) is 0 Å². The third-order valence-electron chi connectivity index (χ3n) is 6.53. The van der Waals surface area contributed by atoms with Crippen molar-refractivity contribution in [3.63, 3.8) is 0 Å². The first-order valence-electron chi connectivity index (χ1n) is 12.2. The molecule has 0 radical (unpaired) electrons. The Bertz CT molecular complexity index is 954. The second kappa shape index (κ2) is 10.9. The minimum atomic E-state index is -0.575. The van der Waals surface area contributed by atoms with Gasteiger partial charge in [0.05, 0.1) is 7.11 Å². The number of benzene rings is 2. The Labute approximate surface area is 204 Å². The minimum Gasteiger partial charge on any atom is -0.497 e. The van der Waals surface area contributed by atoms with Gasteiger partial charge in [0.2, 0.25) is 5.91 Å². The minimum absolute atomic E-state index is 0.0165. The molecule has 1 saturated heterocycles. The highest BCUT2D eigenvalue weighted by atomic mass is 16.5. The van der Waals surface area contributed by atoms with E-state index in [1.165, 1.54) is 5.56 Å². The average Bonchev–Trinajstić information content (AvgIpc) is 2.82. The summed E-state index contributed by atoms with van der Waals surface area (Å²) in [5, 5.41) is 6.13. The maximum Gasteiger partial charge on any atom is 0.251 e. The third-order valence-corrected chi connectivity index (χ3v) is 6.53. The number of piperidine rings is 1. The Morgan fingerprint density at radius 1 is 0.971 bits per heavy atom. The van der Waals surface area contributed by atoms with Crippen LogP contribution in [0, 0.1) is 5.92 Å². The average molecular weight is 466 g/mol. The van der Waals surface area contributed by atoms with Gasteiger partial charge >= 0.3 is 0 Å². The molecule has 1 heterocycles. The summed E-state index contributed by atoms with van der Waals surface area (Å²) in [6.45, 7) is 12.1. The fourth-order valence-corrected chi connectivity index (χ4v) is 4.25. The van der Waals surface area contributed by atoms with Crippen molar-refractivity contribution < 1.29 is 14.3 Å². The van der Waals surface area contributed by atoms with E-state index in [2.05, 4.69) is 48.4 Å². The Balaban J connectivity index is 1.55. The molecule has 1 aliphatic rings. The fourth-order valence-electron chi connectivity index (χ4n) is 4.25. The van der Waals surface area contributed by atoms with Gasteiger partial charge in [0, 0.05) is 30.4 Å². The zero-order chi connectivity index (χ0) is 24.9. The molecule has 1 aliphatic heterocycles. The maximum atomic E-state index is 13.1.